The molecule has 8 heteroatoms. The zero-order valence-corrected chi connectivity index (χ0v) is 14.3. The van der Waals surface area contributed by atoms with Gasteiger partial charge in [0, 0.05) is 23.8 Å². The summed E-state index contributed by atoms with van der Waals surface area (Å²) < 4.78 is 4.20. The minimum atomic E-state index is -0.109. The molecule has 2 N–H and O–H groups in total. The van der Waals surface area contributed by atoms with Gasteiger partial charge in [0.2, 0.25) is 16.2 Å². The summed E-state index contributed by atoms with van der Waals surface area (Å²) in [7, 11) is 0. The molecule has 0 aliphatic rings. The Morgan fingerprint density at radius 3 is 2.86 bits per heavy atom. The van der Waals surface area contributed by atoms with Gasteiger partial charge in [-0.3, -0.25) is 15.0 Å². The van der Waals surface area contributed by atoms with Crippen LogP contribution in [-0.2, 0) is 4.79 Å². The fourth-order valence-corrected chi connectivity index (χ4v) is 3.08. The molecule has 1 amide bonds. The van der Waals surface area contributed by atoms with E-state index in [0.29, 0.717) is 11.7 Å². The van der Waals surface area contributed by atoms with Crippen LogP contribution in [0.2, 0.25) is 0 Å². The number of carbonyl (C=O) groups excluding carboxylic acids is 1. The van der Waals surface area contributed by atoms with Gasteiger partial charge in [0.1, 0.15) is 0 Å². The summed E-state index contributed by atoms with van der Waals surface area (Å²) in [6.07, 6.45) is 3.15. The zero-order chi connectivity index (χ0) is 15.5. The van der Waals surface area contributed by atoms with Crippen molar-refractivity contribution in [3.05, 3.63) is 0 Å². The highest BCUT2D eigenvalue weighted by molar-refractivity contribution is 7.99. The number of rotatable bonds is 11. The van der Waals surface area contributed by atoms with E-state index in [9.17, 15) is 4.79 Å². The highest BCUT2D eigenvalue weighted by Crippen LogP contribution is 2.20. The maximum absolute atomic E-state index is 12.0. The molecule has 0 bridgehead atoms. The number of aliphatic hydroxyl groups excluding tert-OH is 1. The number of aliphatic hydroxyl groups is 1. The third kappa shape index (κ3) is 7.75. The molecule has 21 heavy (non-hydrogen) atoms. The molecule has 0 aliphatic carbocycles. The van der Waals surface area contributed by atoms with Gasteiger partial charge in [0.25, 0.3) is 0 Å². The number of nitrogens with zero attached hydrogens (tertiary/aromatic N) is 3. The van der Waals surface area contributed by atoms with E-state index < -0.39 is 0 Å². The molecule has 1 heterocycles. The molecule has 0 aromatic carbocycles. The summed E-state index contributed by atoms with van der Waals surface area (Å²) in [5.74, 6) is 0.869. The number of nitrogens with one attached hydrogen (secondary N) is 1. The first-order valence-electron chi connectivity index (χ1n) is 7.29. The molecule has 0 aliphatic heterocycles. The quantitative estimate of drug-likeness (QED) is 0.604. The van der Waals surface area contributed by atoms with Gasteiger partial charge in [0.05, 0.1) is 13.2 Å². The monoisotopic (exact) mass is 332 g/mol. The standard InChI is InChI=1S/C13H24N4O2S2/c1-3-5-6-17(7-8-18)10-11(19)14-12-15-13(16-21-12)20-9-4-2/h18H,3-10H2,1-2H3,(H,14,15,16,19). The van der Waals surface area contributed by atoms with Crippen LogP contribution in [0.3, 0.4) is 0 Å². The van der Waals surface area contributed by atoms with Crippen molar-refractivity contribution < 1.29 is 9.90 Å². The number of hydrogen-bond acceptors (Lipinski definition) is 7. The van der Waals surface area contributed by atoms with Crippen LogP contribution in [0.5, 0.6) is 0 Å². The lowest BCUT2D eigenvalue weighted by Gasteiger charge is -2.19. The van der Waals surface area contributed by atoms with Crippen LogP contribution in [-0.4, -0.2) is 57.3 Å². The van der Waals surface area contributed by atoms with Gasteiger partial charge < -0.3 is 5.11 Å². The number of amides is 1. The first-order chi connectivity index (χ1) is 10.2. The van der Waals surface area contributed by atoms with Crippen LogP contribution >= 0.6 is 23.3 Å². The van der Waals surface area contributed by atoms with Gasteiger partial charge in [-0.15, -0.1) is 0 Å². The van der Waals surface area contributed by atoms with E-state index in [0.717, 1.165) is 36.7 Å². The number of hydrogen-bond donors (Lipinski definition) is 2. The maximum Gasteiger partial charge on any atom is 0.240 e. The summed E-state index contributed by atoms with van der Waals surface area (Å²) >= 11 is 2.80. The first kappa shape index (κ1) is 18.3. The van der Waals surface area contributed by atoms with Crippen LogP contribution in [0, 0.1) is 0 Å². The molecule has 0 saturated carbocycles. The second-order valence-corrected chi connectivity index (χ2v) is 6.45. The molecule has 0 unspecified atom stereocenters. The Morgan fingerprint density at radius 1 is 1.38 bits per heavy atom. The van der Waals surface area contributed by atoms with Crippen molar-refractivity contribution in [2.45, 2.75) is 38.3 Å². The van der Waals surface area contributed by atoms with E-state index in [2.05, 4.69) is 28.5 Å². The molecule has 120 valence electrons. The van der Waals surface area contributed by atoms with E-state index in [1.54, 1.807) is 11.8 Å². The number of thioether (sulfide) groups is 1. The zero-order valence-electron chi connectivity index (χ0n) is 12.7. The molecule has 0 fully saturated rings. The van der Waals surface area contributed by atoms with Gasteiger partial charge in [-0.1, -0.05) is 32.0 Å². The van der Waals surface area contributed by atoms with Gasteiger partial charge in [0.15, 0.2) is 0 Å². The summed E-state index contributed by atoms with van der Waals surface area (Å²) in [5, 5.41) is 13.1. The highest BCUT2D eigenvalue weighted by atomic mass is 32.2. The maximum atomic E-state index is 12.0. The Balaban J connectivity index is 2.41. The largest absolute Gasteiger partial charge is 0.395 e. The number of unbranched alkanes of at least 4 members (excludes halogenated alkanes) is 1. The van der Waals surface area contributed by atoms with Crippen molar-refractivity contribution in [1.29, 1.82) is 0 Å². The summed E-state index contributed by atoms with van der Waals surface area (Å²) in [6.45, 7) is 5.88. The summed E-state index contributed by atoms with van der Waals surface area (Å²) in [4.78, 5) is 18.2. The lowest BCUT2D eigenvalue weighted by Crippen LogP contribution is -2.35. The van der Waals surface area contributed by atoms with Crippen molar-refractivity contribution >= 4 is 34.3 Å². The van der Waals surface area contributed by atoms with Crippen molar-refractivity contribution in [3.63, 3.8) is 0 Å². The van der Waals surface area contributed by atoms with Crippen LogP contribution in [0.4, 0.5) is 5.13 Å². The second kappa shape index (κ2) is 10.9. The topological polar surface area (TPSA) is 78.4 Å². The predicted octanol–water partition coefficient (Wildman–Crippen LogP) is 2.07. The van der Waals surface area contributed by atoms with Crippen molar-refractivity contribution in [3.8, 4) is 0 Å². The molecule has 0 atom stereocenters. The lowest BCUT2D eigenvalue weighted by molar-refractivity contribution is -0.117. The molecule has 6 nitrogen and oxygen atoms in total. The Kier molecular flexibility index (Phi) is 9.56. The van der Waals surface area contributed by atoms with E-state index in [4.69, 9.17) is 5.11 Å². The number of anilines is 1. The van der Waals surface area contributed by atoms with Crippen LogP contribution in [0.25, 0.3) is 0 Å². The molecule has 0 saturated heterocycles. The Hall–Kier alpha value is -0.700. The van der Waals surface area contributed by atoms with Crippen molar-refractivity contribution in [2.75, 3.05) is 37.3 Å². The number of carbonyl (C=O) groups is 1. The summed E-state index contributed by atoms with van der Waals surface area (Å²) in [6, 6.07) is 0. The molecular formula is C13H24N4O2S2. The Labute approximate surface area is 134 Å². The molecule has 0 radical (unpaired) electrons. The second-order valence-electron chi connectivity index (χ2n) is 4.63. The average molecular weight is 332 g/mol. The Bertz CT molecular complexity index is 415. The van der Waals surface area contributed by atoms with Crippen LogP contribution < -0.4 is 5.32 Å². The predicted molar refractivity (Wildman–Crippen MR) is 88.0 cm³/mol. The van der Waals surface area contributed by atoms with Crippen LogP contribution in [0.1, 0.15) is 33.1 Å². The molecule has 1 aromatic heterocycles. The van der Waals surface area contributed by atoms with Gasteiger partial charge in [-0.05, 0) is 19.4 Å². The Morgan fingerprint density at radius 2 is 2.19 bits per heavy atom. The van der Waals surface area contributed by atoms with E-state index in [1.807, 2.05) is 4.90 Å². The van der Waals surface area contributed by atoms with Gasteiger partial charge >= 0.3 is 0 Å². The molecule has 1 aromatic rings. The molecule has 0 spiro atoms. The smallest absolute Gasteiger partial charge is 0.240 e. The fraction of sp³-hybridized carbons (Fsp3) is 0.769. The van der Waals surface area contributed by atoms with E-state index in [1.165, 1.54) is 11.5 Å². The normalized spacial score (nSPS) is 11.0. The minimum absolute atomic E-state index is 0.0631. The first-order valence-corrected chi connectivity index (χ1v) is 9.05. The third-order valence-corrected chi connectivity index (χ3v) is 4.50. The van der Waals surface area contributed by atoms with Gasteiger partial charge in [-0.2, -0.15) is 9.36 Å². The van der Waals surface area contributed by atoms with Crippen LogP contribution in [0.15, 0.2) is 5.16 Å². The fourth-order valence-electron chi connectivity index (χ4n) is 1.67. The van der Waals surface area contributed by atoms with Crippen molar-refractivity contribution in [2.24, 2.45) is 0 Å². The SMILES string of the molecule is CCCCN(CCO)CC(=O)Nc1nc(SCCC)ns1. The lowest BCUT2D eigenvalue weighted by atomic mass is 10.3. The van der Waals surface area contributed by atoms with Crippen molar-refractivity contribution in [1.82, 2.24) is 14.3 Å². The van der Waals surface area contributed by atoms with E-state index in [-0.39, 0.29) is 19.1 Å². The third-order valence-electron chi connectivity index (χ3n) is 2.70. The van der Waals surface area contributed by atoms with E-state index >= 15 is 0 Å². The summed E-state index contributed by atoms with van der Waals surface area (Å²) in [5.41, 5.74) is 0. The molecule has 1 rings (SSSR count). The van der Waals surface area contributed by atoms with Gasteiger partial charge in [-0.25, -0.2) is 0 Å². The highest BCUT2D eigenvalue weighted by Gasteiger charge is 2.12. The number of aromatic nitrogens is 2. The molecular weight excluding hydrogens is 308 g/mol. The minimum Gasteiger partial charge on any atom is -0.395 e. The average Bonchev–Trinajstić information content (AvgIpc) is 2.90.